The fourth-order valence-electron chi connectivity index (χ4n) is 2.12. The van der Waals surface area contributed by atoms with E-state index in [1.165, 1.54) is 11.1 Å². The van der Waals surface area contributed by atoms with Gasteiger partial charge in [-0.15, -0.1) is 0 Å². The number of aromatic nitrogens is 3. The van der Waals surface area contributed by atoms with Crippen LogP contribution in [0.2, 0.25) is 0 Å². The zero-order valence-electron chi connectivity index (χ0n) is 11.8. The summed E-state index contributed by atoms with van der Waals surface area (Å²) in [6, 6.07) is 8.41. The van der Waals surface area contributed by atoms with E-state index in [1.807, 2.05) is 13.8 Å². The minimum absolute atomic E-state index is 0.529. The topological polar surface area (TPSA) is 63.8 Å². The summed E-state index contributed by atoms with van der Waals surface area (Å²) in [5.74, 6) is 1.44. The van der Waals surface area contributed by atoms with Crippen LogP contribution in [0.5, 0.6) is 0 Å². The second-order valence-electron chi connectivity index (χ2n) is 4.91. The third-order valence-corrected chi connectivity index (χ3v) is 3.20. The van der Waals surface area contributed by atoms with Crippen molar-refractivity contribution in [1.82, 2.24) is 15.1 Å². The van der Waals surface area contributed by atoms with Crippen molar-refractivity contribution in [3.63, 3.8) is 0 Å². The Balaban J connectivity index is 1.90. The third kappa shape index (κ3) is 2.34. The van der Waals surface area contributed by atoms with E-state index in [4.69, 9.17) is 4.52 Å². The van der Waals surface area contributed by atoms with Gasteiger partial charge in [0.1, 0.15) is 17.0 Å². The first-order valence-corrected chi connectivity index (χ1v) is 6.53. The molecular formula is C15H16N4O. The quantitative estimate of drug-likeness (QED) is 0.790. The summed E-state index contributed by atoms with van der Waals surface area (Å²) in [7, 11) is 0. The second kappa shape index (κ2) is 4.92. The van der Waals surface area contributed by atoms with Crippen LogP contribution in [0.25, 0.3) is 11.1 Å². The molecule has 0 radical (unpaired) electrons. The maximum atomic E-state index is 5.20. The fraction of sp³-hybridized carbons (Fsp3) is 0.267. The molecule has 5 nitrogen and oxygen atoms in total. The van der Waals surface area contributed by atoms with Crippen LogP contribution in [-0.4, -0.2) is 15.1 Å². The van der Waals surface area contributed by atoms with Crippen molar-refractivity contribution in [2.45, 2.75) is 27.3 Å². The van der Waals surface area contributed by atoms with Gasteiger partial charge in [0.15, 0.2) is 0 Å². The van der Waals surface area contributed by atoms with Crippen LogP contribution in [0, 0.1) is 20.8 Å². The van der Waals surface area contributed by atoms with Crippen LogP contribution in [0.3, 0.4) is 0 Å². The monoisotopic (exact) mass is 268 g/mol. The number of rotatable bonds is 3. The van der Waals surface area contributed by atoms with E-state index in [-0.39, 0.29) is 0 Å². The Kier molecular flexibility index (Phi) is 3.10. The Morgan fingerprint density at radius 2 is 1.80 bits per heavy atom. The lowest BCUT2D eigenvalue weighted by atomic mass is 10.1. The van der Waals surface area contributed by atoms with Crippen molar-refractivity contribution >= 4 is 16.9 Å². The lowest BCUT2D eigenvalue weighted by Crippen LogP contribution is -2.04. The van der Waals surface area contributed by atoms with Crippen LogP contribution < -0.4 is 5.32 Å². The van der Waals surface area contributed by atoms with Crippen LogP contribution in [0.4, 0.5) is 5.82 Å². The van der Waals surface area contributed by atoms with E-state index in [0.717, 1.165) is 16.9 Å². The minimum Gasteiger partial charge on any atom is -0.365 e. The Morgan fingerprint density at radius 3 is 2.55 bits per heavy atom. The molecule has 20 heavy (non-hydrogen) atoms. The van der Waals surface area contributed by atoms with Gasteiger partial charge in [0.05, 0.1) is 5.69 Å². The molecule has 2 heterocycles. The molecule has 0 atom stereocenters. The van der Waals surface area contributed by atoms with Crippen LogP contribution in [0.1, 0.15) is 22.6 Å². The van der Waals surface area contributed by atoms with E-state index < -0.39 is 0 Å². The lowest BCUT2D eigenvalue weighted by Gasteiger charge is -2.07. The molecule has 1 aromatic carbocycles. The number of nitrogens with one attached hydrogen (secondary N) is 1. The Labute approximate surface area is 117 Å². The molecule has 0 aliphatic carbocycles. The predicted molar refractivity (Wildman–Crippen MR) is 77.6 cm³/mol. The van der Waals surface area contributed by atoms with E-state index in [1.54, 1.807) is 0 Å². The molecule has 102 valence electrons. The molecule has 0 amide bonds. The molecule has 0 spiro atoms. The van der Waals surface area contributed by atoms with Gasteiger partial charge in [0.2, 0.25) is 0 Å². The van der Waals surface area contributed by atoms with Gasteiger partial charge >= 0.3 is 0 Å². The second-order valence-corrected chi connectivity index (χ2v) is 4.91. The number of nitrogens with zero attached hydrogens (tertiary/aromatic N) is 3. The molecule has 0 aliphatic rings. The van der Waals surface area contributed by atoms with E-state index >= 15 is 0 Å². The standard InChI is InChI=1S/C15H16N4O/c1-9-4-6-12(7-5-9)8-16-14-13-10(2)19-20-15(13)18-11(3)17-14/h4-7H,8H2,1-3H3,(H,16,17,18). The third-order valence-electron chi connectivity index (χ3n) is 3.20. The fourth-order valence-corrected chi connectivity index (χ4v) is 2.12. The molecule has 3 rings (SSSR count). The SMILES string of the molecule is Cc1ccc(CNc2nc(C)nc3onc(C)c23)cc1. The molecular weight excluding hydrogens is 252 g/mol. The van der Waals surface area contributed by atoms with Crippen molar-refractivity contribution in [3.8, 4) is 0 Å². The number of hydrogen-bond donors (Lipinski definition) is 1. The first kappa shape index (κ1) is 12.6. The van der Waals surface area contributed by atoms with Gasteiger partial charge in [-0.2, -0.15) is 4.98 Å². The number of aryl methyl sites for hydroxylation is 3. The maximum absolute atomic E-state index is 5.20. The first-order chi connectivity index (χ1) is 9.63. The van der Waals surface area contributed by atoms with Gasteiger partial charge in [-0.25, -0.2) is 4.98 Å². The van der Waals surface area contributed by atoms with E-state index in [2.05, 4.69) is 51.6 Å². The summed E-state index contributed by atoms with van der Waals surface area (Å²) in [4.78, 5) is 8.69. The Hall–Kier alpha value is -2.43. The summed E-state index contributed by atoms with van der Waals surface area (Å²) in [6.07, 6.45) is 0. The molecule has 5 heteroatoms. The van der Waals surface area contributed by atoms with E-state index in [9.17, 15) is 0 Å². The van der Waals surface area contributed by atoms with Crippen LogP contribution >= 0.6 is 0 Å². The summed E-state index contributed by atoms with van der Waals surface area (Å²) in [5, 5.41) is 8.14. The predicted octanol–water partition coefficient (Wildman–Crippen LogP) is 3.16. The minimum atomic E-state index is 0.529. The van der Waals surface area contributed by atoms with Gasteiger partial charge in [-0.1, -0.05) is 35.0 Å². The van der Waals surface area contributed by atoms with Crippen molar-refractivity contribution in [2.24, 2.45) is 0 Å². The smallest absolute Gasteiger partial charge is 0.263 e. The Bertz CT molecular complexity index is 746. The number of anilines is 1. The molecule has 0 saturated heterocycles. The molecule has 0 unspecified atom stereocenters. The lowest BCUT2D eigenvalue weighted by molar-refractivity contribution is 0.442. The van der Waals surface area contributed by atoms with Gasteiger partial charge in [-0.3, -0.25) is 0 Å². The van der Waals surface area contributed by atoms with Crippen LogP contribution in [0.15, 0.2) is 28.8 Å². The van der Waals surface area contributed by atoms with Crippen molar-refractivity contribution in [3.05, 3.63) is 46.9 Å². The summed E-state index contributed by atoms with van der Waals surface area (Å²) >= 11 is 0. The largest absolute Gasteiger partial charge is 0.365 e. The van der Waals surface area contributed by atoms with Crippen molar-refractivity contribution in [1.29, 1.82) is 0 Å². The number of fused-ring (bicyclic) bond motifs is 1. The summed E-state index contributed by atoms with van der Waals surface area (Å²) < 4.78 is 5.20. The normalized spacial score (nSPS) is 10.9. The highest BCUT2D eigenvalue weighted by molar-refractivity contribution is 5.87. The molecule has 0 fully saturated rings. The van der Waals surface area contributed by atoms with Gasteiger partial charge in [0.25, 0.3) is 5.71 Å². The van der Waals surface area contributed by atoms with Crippen LogP contribution in [-0.2, 0) is 6.54 Å². The van der Waals surface area contributed by atoms with Gasteiger partial charge in [0, 0.05) is 6.54 Å². The molecule has 0 saturated carbocycles. The first-order valence-electron chi connectivity index (χ1n) is 6.53. The van der Waals surface area contributed by atoms with Crippen molar-refractivity contribution in [2.75, 3.05) is 5.32 Å². The molecule has 2 aromatic heterocycles. The van der Waals surface area contributed by atoms with Crippen molar-refractivity contribution < 1.29 is 4.52 Å². The molecule has 0 bridgehead atoms. The zero-order chi connectivity index (χ0) is 14.1. The molecule has 1 N–H and O–H groups in total. The maximum Gasteiger partial charge on any atom is 0.263 e. The van der Waals surface area contributed by atoms with E-state index in [0.29, 0.717) is 18.1 Å². The molecule has 3 aromatic rings. The summed E-state index contributed by atoms with van der Waals surface area (Å²) in [6.45, 7) is 6.52. The van der Waals surface area contributed by atoms with Gasteiger partial charge < -0.3 is 9.84 Å². The zero-order valence-corrected chi connectivity index (χ0v) is 11.8. The average Bonchev–Trinajstić information content (AvgIpc) is 2.79. The number of benzene rings is 1. The highest BCUT2D eigenvalue weighted by atomic mass is 16.5. The average molecular weight is 268 g/mol. The molecule has 0 aliphatic heterocycles. The highest BCUT2D eigenvalue weighted by Crippen LogP contribution is 2.24. The number of hydrogen-bond acceptors (Lipinski definition) is 5. The highest BCUT2D eigenvalue weighted by Gasteiger charge is 2.13. The van der Waals surface area contributed by atoms with Gasteiger partial charge in [-0.05, 0) is 26.3 Å². The summed E-state index contributed by atoms with van der Waals surface area (Å²) in [5.41, 5.74) is 3.78. The Morgan fingerprint density at radius 1 is 1.05 bits per heavy atom.